The number of para-hydroxylation sites is 1. The second kappa shape index (κ2) is 9.75. The molecule has 0 saturated carbocycles. The van der Waals surface area contributed by atoms with E-state index in [0.717, 1.165) is 0 Å². The summed E-state index contributed by atoms with van der Waals surface area (Å²) in [7, 11) is -1.84. The standard InChI is InChI=1S/C20H21ClN2O4S2/c1-27-12-4-11-23-19(24)17-5-2-3-6-18(17)22-20(23)28-13-14-29(25,26)16-9-7-15(21)8-10-16/h2-3,5-10H,4,11-14H2,1H3. The topological polar surface area (TPSA) is 78.3 Å². The van der Waals surface area contributed by atoms with Crippen LogP contribution in [0.5, 0.6) is 0 Å². The highest BCUT2D eigenvalue weighted by Crippen LogP contribution is 2.21. The van der Waals surface area contributed by atoms with Gasteiger partial charge in [0, 0.05) is 31.0 Å². The van der Waals surface area contributed by atoms with E-state index in [1.54, 1.807) is 42.0 Å². The SMILES string of the molecule is COCCCn1c(SCCS(=O)(=O)c2ccc(Cl)cc2)nc2ccccc2c1=O. The van der Waals surface area contributed by atoms with Crippen molar-refractivity contribution in [3.8, 4) is 0 Å². The molecule has 0 unspecified atom stereocenters. The summed E-state index contributed by atoms with van der Waals surface area (Å²) in [5.41, 5.74) is 0.471. The maximum Gasteiger partial charge on any atom is 0.262 e. The first-order valence-corrected chi connectivity index (χ1v) is 12.0. The summed E-state index contributed by atoms with van der Waals surface area (Å²) in [6.07, 6.45) is 0.660. The van der Waals surface area contributed by atoms with E-state index in [2.05, 4.69) is 4.98 Å². The smallest absolute Gasteiger partial charge is 0.262 e. The van der Waals surface area contributed by atoms with Gasteiger partial charge in [-0.1, -0.05) is 35.5 Å². The van der Waals surface area contributed by atoms with Gasteiger partial charge in [-0.2, -0.15) is 0 Å². The maximum atomic E-state index is 12.9. The predicted octanol–water partition coefficient (Wildman–Crippen LogP) is 3.65. The van der Waals surface area contributed by atoms with E-state index in [-0.39, 0.29) is 22.0 Å². The van der Waals surface area contributed by atoms with Gasteiger partial charge in [0.25, 0.3) is 5.56 Å². The first-order valence-electron chi connectivity index (χ1n) is 9.02. The van der Waals surface area contributed by atoms with Gasteiger partial charge < -0.3 is 4.74 Å². The van der Waals surface area contributed by atoms with E-state index >= 15 is 0 Å². The second-order valence-corrected chi connectivity index (χ2v) is 9.94. The molecule has 6 nitrogen and oxygen atoms in total. The molecule has 0 saturated heterocycles. The average molecular weight is 453 g/mol. The summed E-state index contributed by atoms with van der Waals surface area (Å²) >= 11 is 7.09. The number of sulfone groups is 1. The Kier molecular flexibility index (Phi) is 7.34. The maximum absolute atomic E-state index is 12.9. The zero-order valence-electron chi connectivity index (χ0n) is 15.9. The van der Waals surface area contributed by atoms with Crippen LogP contribution in [-0.4, -0.2) is 43.2 Å². The fraction of sp³-hybridized carbons (Fsp3) is 0.300. The molecule has 0 aliphatic carbocycles. The van der Waals surface area contributed by atoms with E-state index in [1.807, 2.05) is 6.07 Å². The van der Waals surface area contributed by atoms with Crippen LogP contribution in [0.1, 0.15) is 6.42 Å². The summed E-state index contributed by atoms with van der Waals surface area (Å²) in [5, 5.41) is 1.54. The van der Waals surface area contributed by atoms with Crippen molar-refractivity contribution in [2.75, 3.05) is 25.2 Å². The number of nitrogens with zero attached hydrogens (tertiary/aromatic N) is 2. The van der Waals surface area contributed by atoms with Crippen molar-refractivity contribution in [2.45, 2.75) is 23.0 Å². The van der Waals surface area contributed by atoms with Crippen LogP contribution < -0.4 is 5.56 Å². The highest BCUT2D eigenvalue weighted by molar-refractivity contribution is 8.00. The number of hydrogen-bond donors (Lipinski definition) is 0. The molecule has 0 aliphatic rings. The fourth-order valence-corrected chi connectivity index (χ4v) is 5.62. The molecule has 1 aromatic heterocycles. The average Bonchev–Trinajstić information content (AvgIpc) is 2.70. The zero-order valence-corrected chi connectivity index (χ0v) is 18.3. The quantitative estimate of drug-likeness (QED) is 0.280. The number of aromatic nitrogens is 2. The van der Waals surface area contributed by atoms with Crippen molar-refractivity contribution in [1.82, 2.24) is 9.55 Å². The number of hydrogen-bond acceptors (Lipinski definition) is 6. The van der Waals surface area contributed by atoms with Crippen LogP contribution in [-0.2, 0) is 21.1 Å². The molecule has 3 rings (SSSR count). The first kappa shape index (κ1) is 21.8. The van der Waals surface area contributed by atoms with Crippen molar-refractivity contribution >= 4 is 44.1 Å². The molecule has 0 bridgehead atoms. The van der Waals surface area contributed by atoms with Crippen LogP contribution in [0, 0.1) is 0 Å². The Balaban J connectivity index is 1.82. The number of thioether (sulfide) groups is 1. The van der Waals surface area contributed by atoms with Gasteiger partial charge in [-0.15, -0.1) is 0 Å². The van der Waals surface area contributed by atoms with Gasteiger partial charge in [-0.25, -0.2) is 13.4 Å². The molecule has 9 heteroatoms. The minimum Gasteiger partial charge on any atom is -0.385 e. The first-order chi connectivity index (χ1) is 13.9. The molecule has 0 fully saturated rings. The van der Waals surface area contributed by atoms with Gasteiger partial charge in [-0.05, 0) is 42.8 Å². The lowest BCUT2D eigenvalue weighted by Gasteiger charge is -2.13. The van der Waals surface area contributed by atoms with Gasteiger partial charge in [0.1, 0.15) is 0 Å². The Morgan fingerprint density at radius 3 is 2.59 bits per heavy atom. The number of benzene rings is 2. The van der Waals surface area contributed by atoms with Gasteiger partial charge in [0.2, 0.25) is 0 Å². The number of methoxy groups -OCH3 is 1. The highest BCUT2D eigenvalue weighted by atomic mass is 35.5. The molecule has 1 heterocycles. The molecule has 0 aliphatic heterocycles. The summed E-state index contributed by atoms with van der Waals surface area (Å²) in [6, 6.07) is 13.3. The Morgan fingerprint density at radius 2 is 1.86 bits per heavy atom. The van der Waals surface area contributed by atoms with Crippen molar-refractivity contribution in [3.05, 3.63) is 63.9 Å². The zero-order chi connectivity index (χ0) is 20.9. The summed E-state index contributed by atoms with van der Waals surface area (Å²) in [6.45, 7) is 0.977. The van der Waals surface area contributed by atoms with E-state index < -0.39 is 9.84 Å². The minimum atomic E-state index is -3.45. The van der Waals surface area contributed by atoms with Crippen LogP contribution in [0.3, 0.4) is 0 Å². The fourth-order valence-electron chi connectivity index (χ4n) is 2.82. The normalized spacial score (nSPS) is 11.8. The second-order valence-electron chi connectivity index (χ2n) is 6.34. The van der Waals surface area contributed by atoms with Crippen molar-refractivity contribution < 1.29 is 13.2 Å². The molecule has 29 heavy (non-hydrogen) atoms. The van der Waals surface area contributed by atoms with Crippen molar-refractivity contribution in [2.24, 2.45) is 0 Å². The number of ether oxygens (including phenoxy) is 1. The van der Waals surface area contributed by atoms with Gasteiger partial charge >= 0.3 is 0 Å². The summed E-state index contributed by atoms with van der Waals surface area (Å²) < 4.78 is 31.8. The molecule has 0 radical (unpaired) electrons. The summed E-state index contributed by atoms with van der Waals surface area (Å²) in [4.78, 5) is 17.7. The lowest BCUT2D eigenvalue weighted by Crippen LogP contribution is -2.24. The number of halogens is 1. The van der Waals surface area contributed by atoms with Crippen LogP contribution in [0.25, 0.3) is 10.9 Å². The van der Waals surface area contributed by atoms with E-state index in [4.69, 9.17) is 16.3 Å². The number of fused-ring (bicyclic) bond motifs is 1. The molecule has 154 valence electrons. The summed E-state index contributed by atoms with van der Waals surface area (Å²) in [5.74, 6) is 0.208. The molecule has 2 aromatic carbocycles. The molecule has 0 N–H and O–H groups in total. The molecule has 0 amide bonds. The predicted molar refractivity (Wildman–Crippen MR) is 117 cm³/mol. The largest absolute Gasteiger partial charge is 0.385 e. The third kappa shape index (κ3) is 5.39. The van der Waals surface area contributed by atoms with Crippen LogP contribution in [0.15, 0.2) is 63.4 Å². The molecular formula is C20H21ClN2O4S2. The Labute approximate surface area is 178 Å². The third-order valence-corrected chi connectivity index (χ3v) is 7.53. The van der Waals surface area contributed by atoms with Crippen LogP contribution in [0.2, 0.25) is 5.02 Å². The van der Waals surface area contributed by atoms with E-state index in [9.17, 15) is 13.2 Å². The molecule has 0 spiro atoms. The van der Waals surface area contributed by atoms with Crippen molar-refractivity contribution in [1.29, 1.82) is 0 Å². The highest BCUT2D eigenvalue weighted by Gasteiger charge is 2.16. The Hall–Kier alpha value is -1.87. The molecule has 3 aromatic rings. The van der Waals surface area contributed by atoms with Crippen LogP contribution >= 0.6 is 23.4 Å². The van der Waals surface area contributed by atoms with Crippen molar-refractivity contribution in [3.63, 3.8) is 0 Å². The monoisotopic (exact) mass is 452 g/mol. The molecule has 0 atom stereocenters. The van der Waals surface area contributed by atoms with E-state index in [1.165, 1.54) is 23.9 Å². The Morgan fingerprint density at radius 1 is 1.14 bits per heavy atom. The lowest BCUT2D eigenvalue weighted by molar-refractivity contribution is 0.189. The van der Waals surface area contributed by atoms with Gasteiger partial charge in [0.05, 0.1) is 21.6 Å². The molecular weight excluding hydrogens is 432 g/mol. The minimum absolute atomic E-state index is 0.0694. The Bertz CT molecular complexity index is 1150. The third-order valence-electron chi connectivity index (χ3n) is 4.31. The number of rotatable bonds is 9. The van der Waals surface area contributed by atoms with Gasteiger partial charge in [0.15, 0.2) is 15.0 Å². The lowest BCUT2D eigenvalue weighted by atomic mass is 10.2. The van der Waals surface area contributed by atoms with E-state index in [0.29, 0.717) is 40.7 Å². The van der Waals surface area contributed by atoms with Crippen LogP contribution in [0.4, 0.5) is 0 Å². The van der Waals surface area contributed by atoms with Gasteiger partial charge in [-0.3, -0.25) is 9.36 Å².